The summed E-state index contributed by atoms with van der Waals surface area (Å²) < 4.78 is 53.3. The highest BCUT2D eigenvalue weighted by Crippen LogP contribution is 2.36. The molecule has 23 heteroatoms. The number of halogens is 2. The van der Waals surface area contributed by atoms with Gasteiger partial charge in [-0.25, -0.2) is 14.4 Å². The molecule has 0 saturated carbocycles. The topological polar surface area (TPSA) is 234 Å². The first-order valence-electron chi connectivity index (χ1n) is 24.5. The van der Waals surface area contributed by atoms with E-state index in [4.69, 9.17) is 44.8 Å². The summed E-state index contributed by atoms with van der Waals surface area (Å²) in [5, 5.41) is 12.2. The lowest BCUT2D eigenvalue weighted by Gasteiger charge is -2.34. The number of aromatic nitrogens is 2. The molecule has 4 heterocycles. The summed E-state index contributed by atoms with van der Waals surface area (Å²) in [4.78, 5) is 77.0. The number of fused-ring (bicyclic) bond motifs is 2. The van der Waals surface area contributed by atoms with E-state index in [0.717, 1.165) is 44.0 Å². The van der Waals surface area contributed by atoms with Gasteiger partial charge >= 0.3 is 0 Å². The Kier molecular flexibility index (Phi) is 21.2. The third-order valence-corrected chi connectivity index (χ3v) is 12.5. The number of carbonyl (C=O) groups excluding carboxylic acids is 5. The number of imide groups is 2. The number of rotatable bonds is 31. The summed E-state index contributed by atoms with van der Waals surface area (Å²) >= 11 is 5.98. The molecule has 0 spiro atoms. The Hall–Kier alpha value is -6.11. The summed E-state index contributed by atoms with van der Waals surface area (Å²) in [6.45, 7) is 10.3. The highest BCUT2D eigenvalue weighted by molar-refractivity contribution is 6.31. The van der Waals surface area contributed by atoms with E-state index in [9.17, 15) is 28.4 Å². The second-order valence-corrected chi connectivity index (χ2v) is 17.6. The van der Waals surface area contributed by atoms with Crippen molar-refractivity contribution in [2.75, 3.05) is 143 Å². The number of amides is 5. The third kappa shape index (κ3) is 15.9. The molecule has 21 nitrogen and oxygen atoms in total. The molecule has 394 valence electrons. The predicted molar refractivity (Wildman–Crippen MR) is 267 cm³/mol. The number of anilines is 3. The van der Waals surface area contributed by atoms with Crippen LogP contribution in [-0.2, 0) is 38.1 Å². The van der Waals surface area contributed by atoms with Gasteiger partial charge in [-0.3, -0.25) is 34.2 Å². The third-order valence-electron chi connectivity index (χ3n) is 12.2. The van der Waals surface area contributed by atoms with Crippen LogP contribution in [0.3, 0.4) is 0 Å². The number of methoxy groups -OCH3 is 1. The average Bonchev–Trinajstić information content (AvgIpc) is 3.64. The van der Waals surface area contributed by atoms with Gasteiger partial charge < -0.3 is 58.9 Å². The highest BCUT2D eigenvalue weighted by atomic mass is 35.5. The molecule has 3 aliphatic heterocycles. The van der Waals surface area contributed by atoms with Gasteiger partial charge in [0.1, 0.15) is 24.0 Å². The molecule has 0 bridgehead atoms. The molecule has 1 aromatic heterocycles. The van der Waals surface area contributed by atoms with Crippen LogP contribution in [0.4, 0.5) is 21.6 Å². The number of piperidine rings is 1. The Morgan fingerprint density at radius 3 is 2.12 bits per heavy atom. The van der Waals surface area contributed by atoms with Crippen LogP contribution in [0.1, 0.15) is 46.4 Å². The van der Waals surface area contributed by atoms with Crippen LogP contribution < -0.4 is 30.7 Å². The molecule has 7 rings (SSSR count). The molecule has 3 aromatic carbocycles. The molecule has 1 unspecified atom stereocenters. The molecule has 73 heavy (non-hydrogen) atoms. The van der Waals surface area contributed by atoms with Crippen molar-refractivity contribution in [2.45, 2.75) is 31.7 Å². The standard InChI is InChI=1S/C50H63ClFN9O12/c1-67-42-32-40-36(47(56-33-55-40)57-34-6-7-38(52)37(51)30-34)31-43(42)73-19-3-13-59-15-17-60(18-16-59)14-10-44(62)54-12-21-69-23-25-71-27-29-72-28-26-70-24-22-68-20-11-53-39-5-2-4-35-46(39)50(66)61(49(35)65)41-8-9-45(63)58-48(41)64/h2,4-7,30-33,41,53H,3,8-29H2,1H3,(H,54,62)(H,55,56,57)(H,58,63,64). The number of carbonyl (C=O) groups is 5. The maximum absolute atomic E-state index is 13.7. The van der Waals surface area contributed by atoms with Gasteiger partial charge in [-0.1, -0.05) is 17.7 Å². The number of benzene rings is 3. The van der Waals surface area contributed by atoms with E-state index in [1.54, 1.807) is 37.4 Å². The van der Waals surface area contributed by atoms with E-state index in [1.807, 2.05) is 6.07 Å². The van der Waals surface area contributed by atoms with Crippen molar-refractivity contribution < 1.29 is 61.5 Å². The van der Waals surface area contributed by atoms with Gasteiger partial charge in [0, 0.05) is 88.0 Å². The van der Waals surface area contributed by atoms with E-state index in [2.05, 4.69) is 41.0 Å². The molecule has 2 fully saturated rings. The molecule has 4 aromatic rings. The number of nitrogens with zero attached hydrogens (tertiary/aromatic N) is 5. The monoisotopic (exact) mass is 1040 g/mol. The quantitative estimate of drug-likeness (QED) is 0.0416. The summed E-state index contributed by atoms with van der Waals surface area (Å²) in [5.74, 6) is -1.06. The van der Waals surface area contributed by atoms with Crippen molar-refractivity contribution in [1.29, 1.82) is 0 Å². The van der Waals surface area contributed by atoms with Crippen LogP contribution in [0.15, 0.2) is 54.9 Å². The molecular formula is C50H63ClFN9O12. The maximum Gasteiger partial charge on any atom is 0.264 e. The number of piperazine rings is 1. The fraction of sp³-hybridized carbons (Fsp3) is 0.500. The van der Waals surface area contributed by atoms with Gasteiger partial charge in [0.05, 0.1) is 101 Å². The van der Waals surface area contributed by atoms with E-state index in [1.165, 1.54) is 18.5 Å². The fourth-order valence-electron chi connectivity index (χ4n) is 8.37. The smallest absolute Gasteiger partial charge is 0.264 e. The number of ether oxygens (including phenoxy) is 7. The molecule has 0 radical (unpaired) electrons. The molecule has 4 N–H and O–H groups in total. The van der Waals surface area contributed by atoms with Crippen molar-refractivity contribution >= 4 is 69.2 Å². The number of hydrogen-bond donors (Lipinski definition) is 4. The van der Waals surface area contributed by atoms with Gasteiger partial charge in [-0.05, 0) is 49.2 Å². The van der Waals surface area contributed by atoms with Gasteiger partial charge in [0.2, 0.25) is 17.7 Å². The minimum atomic E-state index is -1.02. The first-order chi connectivity index (χ1) is 35.6. The predicted octanol–water partition coefficient (Wildman–Crippen LogP) is 3.66. The van der Waals surface area contributed by atoms with Crippen molar-refractivity contribution in [3.8, 4) is 11.5 Å². The maximum atomic E-state index is 13.7. The van der Waals surface area contributed by atoms with E-state index < -0.39 is 35.5 Å². The lowest BCUT2D eigenvalue weighted by atomic mass is 10.0. The SMILES string of the molecule is COc1cc2ncnc(Nc3ccc(F)c(Cl)c3)c2cc1OCCCN1CCN(CCC(=O)NCCOCCOCCOCCOCCOCCNc2cccc3c2C(=O)N(C2CCC(=O)NC2=O)C3=O)CC1. The van der Waals surface area contributed by atoms with Gasteiger partial charge in [0.15, 0.2) is 11.5 Å². The van der Waals surface area contributed by atoms with Crippen molar-refractivity contribution in [3.05, 3.63) is 76.8 Å². The van der Waals surface area contributed by atoms with Crippen LogP contribution in [0.2, 0.25) is 5.02 Å². The summed E-state index contributed by atoms with van der Waals surface area (Å²) in [5.41, 5.74) is 2.12. The zero-order valence-electron chi connectivity index (χ0n) is 40.9. The largest absolute Gasteiger partial charge is 0.493 e. The molecule has 5 amide bonds. The summed E-state index contributed by atoms with van der Waals surface area (Å²) in [6, 6.07) is 11.9. The van der Waals surface area contributed by atoms with Crippen LogP contribution in [0.25, 0.3) is 10.9 Å². The minimum absolute atomic E-state index is 0.00524. The normalized spacial score (nSPS) is 16.2. The van der Waals surface area contributed by atoms with Gasteiger partial charge in [0.25, 0.3) is 11.8 Å². The second-order valence-electron chi connectivity index (χ2n) is 17.1. The van der Waals surface area contributed by atoms with Crippen molar-refractivity contribution in [3.63, 3.8) is 0 Å². The Bertz CT molecular complexity index is 2520. The second kappa shape index (κ2) is 28.4. The molecule has 3 aliphatic rings. The van der Waals surface area contributed by atoms with Crippen LogP contribution >= 0.6 is 11.6 Å². The number of nitrogens with one attached hydrogen (secondary N) is 4. The lowest BCUT2D eigenvalue weighted by molar-refractivity contribution is -0.136. The van der Waals surface area contributed by atoms with E-state index in [0.29, 0.717) is 138 Å². The van der Waals surface area contributed by atoms with E-state index in [-0.39, 0.29) is 34.9 Å². The average molecular weight is 1040 g/mol. The van der Waals surface area contributed by atoms with Crippen LogP contribution in [0.5, 0.6) is 11.5 Å². The highest BCUT2D eigenvalue weighted by Gasteiger charge is 2.45. The lowest BCUT2D eigenvalue weighted by Crippen LogP contribution is -2.54. The van der Waals surface area contributed by atoms with Crippen LogP contribution in [0, 0.1) is 5.82 Å². The molecule has 1 atom stereocenters. The van der Waals surface area contributed by atoms with Gasteiger partial charge in [-0.15, -0.1) is 0 Å². The summed E-state index contributed by atoms with van der Waals surface area (Å²) in [7, 11) is 1.58. The zero-order valence-corrected chi connectivity index (χ0v) is 41.7. The Labute approximate surface area is 427 Å². The molecule has 0 aliphatic carbocycles. The Morgan fingerprint density at radius 2 is 1.45 bits per heavy atom. The first kappa shape index (κ1) is 54.7. The summed E-state index contributed by atoms with van der Waals surface area (Å²) in [6.07, 6.45) is 2.83. The van der Waals surface area contributed by atoms with Gasteiger partial charge in [-0.2, -0.15) is 0 Å². The molecular weight excluding hydrogens is 973 g/mol. The zero-order chi connectivity index (χ0) is 51.4. The van der Waals surface area contributed by atoms with Crippen LogP contribution in [-0.4, -0.2) is 192 Å². The van der Waals surface area contributed by atoms with Crippen molar-refractivity contribution in [2.24, 2.45) is 0 Å². The first-order valence-corrected chi connectivity index (χ1v) is 24.8. The Balaban J connectivity index is 0.631. The molecule has 2 saturated heterocycles. The fourth-order valence-corrected chi connectivity index (χ4v) is 8.55. The number of hydrogen-bond acceptors (Lipinski definition) is 18. The van der Waals surface area contributed by atoms with Crippen molar-refractivity contribution in [1.82, 2.24) is 35.3 Å². The minimum Gasteiger partial charge on any atom is -0.493 e. The van der Waals surface area contributed by atoms with E-state index >= 15 is 0 Å². The Morgan fingerprint density at radius 1 is 0.781 bits per heavy atom.